The average molecular weight is 744 g/mol. The van der Waals surface area contributed by atoms with E-state index in [9.17, 15) is 9.59 Å². The zero-order valence-corrected chi connectivity index (χ0v) is 32.3. The molecule has 9 nitrogen and oxygen atoms in total. The molecule has 3 aromatic carbocycles. The predicted molar refractivity (Wildman–Crippen MR) is 219 cm³/mol. The first-order chi connectivity index (χ1) is 27.2. The van der Waals surface area contributed by atoms with Crippen LogP contribution in [0.2, 0.25) is 0 Å². The molecule has 0 atom stereocenters. The quantitative estimate of drug-likeness (QED) is 0.125. The topological polar surface area (TPSA) is 112 Å². The molecule has 3 aliphatic heterocycles. The van der Waals surface area contributed by atoms with Crippen LogP contribution in [0.4, 0.5) is 0 Å². The summed E-state index contributed by atoms with van der Waals surface area (Å²) in [4.78, 5) is 39.5. The highest BCUT2D eigenvalue weighted by Gasteiger charge is 2.48. The van der Waals surface area contributed by atoms with Gasteiger partial charge in [-0.05, 0) is 106 Å². The molecule has 4 heterocycles. The van der Waals surface area contributed by atoms with Crippen molar-refractivity contribution in [3.05, 3.63) is 139 Å². The monoisotopic (exact) mass is 743 g/mol. The van der Waals surface area contributed by atoms with Crippen LogP contribution in [-0.2, 0) is 35.0 Å². The first kappa shape index (κ1) is 35.5. The van der Waals surface area contributed by atoms with Crippen molar-refractivity contribution in [1.82, 2.24) is 9.97 Å². The zero-order chi connectivity index (χ0) is 38.9. The van der Waals surface area contributed by atoms with Crippen LogP contribution >= 0.6 is 0 Å². The number of aromatic amines is 1. The Balaban J connectivity index is 1.42. The fourth-order valence-electron chi connectivity index (χ4n) is 9.01. The van der Waals surface area contributed by atoms with Crippen molar-refractivity contribution in [3.63, 3.8) is 0 Å². The molecule has 0 unspecified atom stereocenters. The number of fused-ring (bicyclic) bond motifs is 14. The Kier molecular flexibility index (Phi) is 8.60. The second kappa shape index (κ2) is 13.5. The number of nitrogens with zero attached hydrogens (tertiary/aromatic N) is 2. The number of hydrogen-bond donors (Lipinski definition) is 1. The minimum absolute atomic E-state index is 0.203. The van der Waals surface area contributed by atoms with E-state index in [1.165, 1.54) is 19.6 Å². The van der Waals surface area contributed by atoms with Crippen molar-refractivity contribution in [2.75, 3.05) is 28.4 Å². The van der Waals surface area contributed by atoms with Crippen LogP contribution < -0.4 is 5.35 Å². The molecule has 0 amide bonds. The lowest BCUT2D eigenvalue weighted by Crippen LogP contribution is -2.33. The number of hydrogen-bond acceptors (Lipinski definition) is 8. The zero-order valence-electron chi connectivity index (χ0n) is 32.3. The number of allylic oxidation sites excluding steroid dienone is 3. The van der Waals surface area contributed by atoms with Gasteiger partial charge in [0.1, 0.15) is 0 Å². The molecule has 8 bridgehead atoms. The maximum atomic E-state index is 12.5. The summed E-state index contributed by atoms with van der Waals surface area (Å²) < 4.78 is 23.0. The third-order valence-corrected chi connectivity index (χ3v) is 11.8. The van der Waals surface area contributed by atoms with Crippen LogP contribution in [0.1, 0.15) is 65.5 Å². The van der Waals surface area contributed by atoms with E-state index in [0.717, 1.165) is 105 Å². The number of carbonyl (C=O) groups is 2. The van der Waals surface area contributed by atoms with Gasteiger partial charge in [0.05, 0.1) is 36.7 Å². The molecule has 0 fully saturated rings. The molecule has 5 aliphatic rings. The number of esters is 2. The standard InChI is InChI=1S/C47H41N3O6/c1-25-28(17-19-42(51)53-3)38-23-40-45-32-15-9-11-27-12-10-16-33(44(27)32)46(45)41(50-40)24-39-29(18-20-43(52)54-4)26(2)37(49-39)22-35-31-14-8-7-13-30(31)34(21-36(25)48-38)47(35,55-5)56-6/h7-16,21-24,48H,17-20H2,1-6H3. The number of ether oxygens (including phenoxy) is 4. The first-order valence-corrected chi connectivity index (χ1v) is 18.8. The number of nitrogens with one attached hydrogen (secondary N) is 1. The maximum absolute atomic E-state index is 12.5. The van der Waals surface area contributed by atoms with E-state index in [1.807, 2.05) is 12.1 Å². The normalized spacial score (nSPS) is 15.8. The third kappa shape index (κ3) is 5.29. The van der Waals surface area contributed by atoms with Gasteiger partial charge in [-0.25, -0.2) is 9.98 Å². The molecule has 9 heteroatoms. The lowest BCUT2D eigenvalue weighted by atomic mass is 9.96. The Labute approximate surface area is 323 Å². The van der Waals surface area contributed by atoms with Gasteiger partial charge in [-0.3, -0.25) is 9.59 Å². The van der Waals surface area contributed by atoms with Gasteiger partial charge in [-0.15, -0.1) is 0 Å². The fourth-order valence-corrected chi connectivity index (χ4v) is 9.01. The molecular weight excluding hydrogens is 703 g/mol. The molecule has 1 N–H and O–H groups in total. The minimum atomic E-state index is -1.28. The number of carbonyl (C=O) groups excluding carboxylic acids is 2. The molecule has 0 saturated carbocycles. The van der Waals surface area contributed by atoms with Crippen molar-refractivity contribution in [2.45, 2.75) is 45.3 Å². The second-order valence-corrected chi connectivity index (χ2v) is 14.5. The fraction of sp³-hybridized carbons (Fsp3) is 0.234. The van der Waals surface area contributed by atoms with Gasteiger partial charge < -0.3 is 23.9 Å². The van der Waals surface area contributed by atoms with E-state index in [1.54, 1.807) is 14.2 Å². The lowest BCUT2D eigenvalue weighted by molar-refractivity contribution is -0.141. The van der Waals surface area contributed by atoms with Crippen molar-refractivity contribution in [3.8, 4) is 0 Å². The molecule has 9 rings (SSSR count). The van der Waals surface area contributed by atoms with E-state index in [2.05, 4.69) is 91.7 Å². The summed E-state index contributed by atoms with van der Waals surface area (Å²) in [6, 6.07) is 21.0. The van der Waals surface area contributed by atoms with Gasteiger partial charge in [0.15, 0.2) is 0 Å². The summed E-state index contributed by atoms with van der Waals surface area (Å²) >= 11 is 0. The Bertz CT molecular complexity index is 2910. The Morgan fingerprint density at radius 1 is 0.714 bits per heavy atom. The highest BCUT2D eigenvalue weighted by atomic mass is 16.7. The largest absolute Gasteiger partial charge is 0.469 e. The minimum Gasteiger partial charge on any atom is -0.469 e. The maximum Gasteiger partial charge on any atom is 0.305 e. The number of aromatic nitrogens is 2. The number of benzene rings is 3. The van der Waals surface area contributed by atoms with Gasteiger partial charge in [-0.2, -0.15) is 0 Å². The summed E-state index contributed by atoms with van der Waals surface area (Å²) in [7, 11) is 6.14. The number of rotatable bonds is 8. The molecule has 280 valence electrons. The smallest absolute Gasteiger partial charge is 0.305 e. The molecular formula is C47H41N3O6. The van der Waals surface area contributed by atoms with Crippen LogP contribution in [0.3, 0.4) is 0 Å². The Morgan fingerprint density at radius 2 is 1.36 bits per heavy atom. The van der Waals surface area contributed by atoms with Crippen LogP contribution in [0, 0.1) is 17.4 Å². The first-order valence-electron chi connectivity index (χ1n) is 18.8. The van der Waals surface area contributed by atoms with E-state index < -0.39 is 5.79 Å². The Morgan fingerprint density at radius 3 is 2.02 bits per heavy atom. The second-order valence-electron chi connectivity index (χ2n) is 14.5. The number of aliphatic imine (C=N–C) groups is 1. The van der Waals surface area contributed by atoms with E-state index >= 15 is 0 Å². The van der Waals surface area contributed by atoms with E-state index in [0.29, 0.717) is 12.8 Å². The predicted octanol–water partition coefficient (Wildman–Crippen LogP) is 7.85. The highest BCUT2D eigenvalue weighted by molar-refractivity contribution is 6.19. The molecule has 0 radical (unpaired) electrons. The molecule has 0 saturated heterocycles. The molecule has 2 aliphatic carbocycles. The number of H-pyrrole nitrogens is 1. The van der Waals surface area contributed by atoms with E-state index in [4.69, 9.17) is 28.9 Å². The number of methoxy groups -OCH3 is 4. The summed E-state index contributed by atoms with van der Waals surface area (Å²) in [5.41, 5.74) is 11.4. The lowest BCUT2D eigenvalue weighted by Gasteiger charge is -2.30. The third-order valence-electron chi connectivity index (χ3n) is 11.8. The van der Waals surface area contributed by atoms with Crippen molar-refractivity contribution < 1.29 is 28.5 Å². The molecule has 56 heavy (non-hydrogen) atoms. The summed E-state index contributed by atoms with van der Waals surface area (Å²) in [6.07, 6.45) is 9.65. The van der Waals surface area contributed by atoms with Crippen LogP contribution in [-0.4, -0.2) is 61.8 Å². The van der Waals surface area contributed by atoms with Gasteiger partial charge in [0.2, 0.25) is 5.79 Å². The van der Waals surface area contributed by atoms with Gasteiger partial charge in [-0.1, -0.05) is 60.7 Å². The molecule has 1 aromatic heterocycles. The molecule has 4 aromatic rings. The van der Waals surface area contributed by atoms with Crippen LogP contribution in [0.5, 0.6) is 0 Å². The van der Waals surface area contributed by atoms with Crippen molar-refractivity contribution in [1.29, 1.82) is 0 Å². The van der Waals surface area contributed by atoms with Crippen LogP contribution in [0.25, 0.3) is 50.9 Å². The van der Waals surface area contributed by atoms with Gasteiger partial charge in [0.25, 0.3) is 0 Å². The van der Waals surface area contributed by atoms with Gasteiger partial charge in [0, 0.05) is 60.0 Å². The summed E-state index contributed by atoms with van der Waals surface area (Å²) in [5.74, 6) is -1.85. The highest BCUT2D eigenvalue weighted by Crippen LogP contribution is 2.52. The summed E-state index contributed by atoms with van der Waals surface area (Å²) in [5, 5.41) is 7.47. The summed E-state index contributed by atoms with van der Waals surface area (Å²) in [6.45, 7) is 4.13. The van der Waals surface area contributed by atoms with Gasteiger partial charge >= 0.3 is 11.9 Å². The average Bonchev–Trinajstić information content (AvgIpc) is 3.97. The van der Waals surface area contributed by atoms with Crippen molar-refractivity contribution in [2.24, 2.45) is 4.99 Å². The SMILES string of the molecule is COC(=O)CCC1=C(C)C2=NC1=Cc1nc(c3c4cccc5cccc(c1=3)c54)=Cc1[nH]c(c(C)c1CCC(=O)OC)C=C1c3ccccc3C(=C2)C1(OC)OC. The Hall–Kier alpha value is -6.16. The van der Waals surface area contributed by atoms with Crippen molar-refractivity contribution >= 4 is 68.6 Å². The van der Waals surface area contributed by atoms with Crippen LogP contribution in [0.15, 0.2) is 88.6 Å². The molecule has 0 spiro atoms. The van der Waals surface area contributed by atoms with E-state index in [-0.39, 0.29) is 24.8 Å².